The molecule has 5 nitrogen and oxygen atoms in total. The monoisotopic (exact) mass is 308 g/mol. The van der Waals surface area contributed by atoms with Gasteiger partial charge in [-0.1, -0.05) is 30.3 Å². The Hall–Kier alpha value is -3.13. The molecule has 5 heteroatoms. The number of hydrogen-bond acceptors (Lipinski definition) is 4. The highest BCUT2D eigenvalue weighted by atomic mass is 16.3. The lowest BCUT2D eigenvalue weighted by atomic mass is 10.0. The molecule has 1 N–H and O–H groups in total. The molecule has 0 spiro atoms. The standard InChI is InChI=1S/C18H16N2O3/c1-13-7-8-15(23-13)9-10-17(21)16(11-19)18(22)20-12-14-5-3-2-4-6-14/h2-10,16H,12H2,1H3,(H,20,22)/b10-9+/t16-/m0/s1. The van der Waals surface area contributed by atoms with Crippen molar-refractivity contribution in [2.24, 2.45) is 5.92 Å². The summed E-state index contributed by atoms with van der Waals surface area (Å²) >= 11 is 0. The summed E-state index contributed by atoms with van der Waals surface area (Å²) in [4.78, 5) is 24.0. The molecule has 0 aliphatic heterocycles. The molecule has 1 aromatic carbocycles. The van der Waals surface area contributed by atoms with E-state index in [2.05, 4.69) is 5.32 Å². The van der Waals surface area contributed by atoms with Crippen LogP contribution in [0.25, 0.3) is 6.08 Å². The van der Waals surface area contributed by atoms with Gasteiger partial charge in [0.15, 0.2) is 11.7 Å². The third-order valence-electron chi connectivity index (χ3n) is 3.16. The summed E-state index contributed by atoms with van der Waals surface area (Å²) in [5, 5.41) is 11.7. The van der Waals surface area contributed by atoms with Gasteiger partial charge >= 0.3 is 0 Å². The summed E-state index contributed by atoms with van der Waals surface area (Å²) in [5.74, 6) is -1.34. The molecule has 2 aromatic rings. The van der Waals surface area contributed by atoms with Crippen LogP contribution in [0.4, 0.5) is 0 Å². The van der Waals surface area contributed by atoms with Crippen molar-refractivity contribution in [1.29, 1.82) is 5.26 Å². The first kappa shape index (κ1) is 16.2. The van der Waals surface area contributed by atoms with Crippen molar-refractivity contribution in [3.05, 3.63) is 65.6 Å². The van der Waals surface area contributed by atoms with E-state index < -0.39 is 17.6 Å². The summed E-state index contributed by atoms with van der Waals surface area (Å²) in [7, 11) is 0. The van der Waals surface area contributed by atoms with Crippen molar-refractivity contribution in [2.75, 3.05) is 0 Å². The molecule has 116 valence electrons. The number of rotatable bonds is 6. The van der Waals surface area contributed by atoms with Crippen LogP contribution >= 0.6 is 0 Å². The fraction of sp³-hybridized carbons (Fsp3) is 0.167. The van der Waals surface area contributed by atoms with E-state index in [4.69, 9.17) is 9.68 Å². The normalized spacial score (nSPS) is 11.8. The van der Waals surface area contributed by atoms with Gasteiger partial charge in [-0.2, -0.15) is 5.26 Å². The summed E-state index contributed by atoms with van der Waals surface area (Å²) in [5.41, 5.74) is 0.895. The van der Waals surface area contributed by atoms with E-state index in [1.165, 1.54) is 12.2 Å². The van der Waals surface area contributed by atoms with Gasteiger partial charge < -0.3 is 9.73 Å². The third kappa shape index (κ3) is 4.68. The van der Waals surface area contributed by atoms with Gasteiger partial charge in [0.2, 0.25) is 5.91 Å². The second kappa shape index (κ2) is 7.76. The third-order valence-corrected chi connectivity index (χ3v) is 3.16. The fourth-order valence-electron chi connectivity index (χ4n) is 1.94. The average molecular weight is 308 g/mol. The Morgan fingerprint density at radius 3 is 2.61 bits per heavy atom. The van der Waals surface area contributed by atoms with Crippen molar-refractivity contribution in [2.45, 2.75) is 13.5 Å². The van der Waals surface area contributed by atoms with E-state index >= 15 is 0 Å². The van der Waals surface area contributed by atoms with Gasteiger partial charge in [0.1, 0.15) is 11.5 Å². The van der Waals surface area contributed by atoms with Crippen LogP contribution in [0, 0.1) is 24.2 Å². The van der Waals surface area contributed by atoms with Crippen molar-refractivity contribution >= 4 is 17.8 Å². The van der Waals surface area contributed by atoms with Crippen LogP contribution < -0.4 is 5.32 Å². The first-order valence-corrected chi connectivity index (χ1v) is 7.10. The Morgan fingerprint density at radius 1 is 1.26 bits per heavy atom. The number of furan rings is 1. The SMILES string of the molecule is Cc1ccc(/C=C/C(=O)[C@H](C#N)C(=O)NCc2ccccc2)o1. The number of nitrogens with one attached hydrogen (secondary N) is 1. The van der Waals surface area contributed by atoms with E-state index in [9.17, 15) is 9.59 Å². The molecule has 0 aliphatic carbocycles. The maximum atomic E-state index is 12.0. The number of nitriles is 1. The van der Waals surface area contributed by atoms with Gasteiger partial charge in [-0.3, -0.25) is 9.59 Å². The summed E-state index contributed by atoms with van der Waals surface area (Å²) in [6.45, 7) is 2.06. The van der Waals surface area contributed by atoms with Gasteiger partial charge in [0, 0.05) is 6.54 Å². The number of allylic oxidation sites excluding steroid dienone is 1. The maximum absolute atomic E-state index is 12.0. The number of carbonyl (C=O) groups excluding carboxylic acids is 2. The predicted molar refractivity (Wildman–Crippen MR) is 84.9 cm³/mol. The van der Waals surface area contributed by atoms with Gasteiger partial charge in [0.05, 0.1) is 6.07 Å². The van der Waals surface area contributed by atoms with E-state index in [0.29, 0.717) is 5.76 Å². The smallest absolute Gasteiger partial charge is 0.245 e. The van der Waals surface area contributed by atoms with E-state index in [-0.39, 0.29) is 6.54 Å². The Bertz CT molecular complexity index is 754. The number of carbonyl (C=O) groups is 2. The topological polar surface area (TPSA) is 83.1 Å². The molecule has 1 amide bonds. The molecule has 0 fully saturated rings. The molecule has 2 rings (SSSR count). The molecule has 0 unspecified atom stereocenters. The fourth-order valence-corrected chi connectivity index (χ4v) is 1.94. The predicted octanol–water partition coefficient (Wildman–Crippen LogP) is 2.63. The number of aryl methyl sites for hydroxylation is 1. The van der Waals surface area contributed by atoms with Gasteiger partial charge in [0.25, 0.3) is 0 Å². The molecule has 0 radical (unpaired) electrons. The zero-order chi connectivity index (χ0) is 16.7. The van der Waals surface area contributed by atoms with Crippen LogP contribution in [0.5, 0.6) is 0 Å². The Kier molecular flexibility index (Phi) is 5.48. The van der Waals surface area contributed by atoms with Gasteiger partial charge in [-0.25, -0.2) is 0 Å². The van der Waals surface area contributed by atoms with Crippen LogP contribution in [0.15, 0.2) is 53.0 Å². The summed E-state index contributed by atoms with van der Waals surface area (Å²) in [6, 6.07) is 14.5. The van der Waals surface area contributed by atoms with Crippen molar-refractivity contribution in [3.63, 3.8) is 0 Å². The first-order chi connectivity index (χ1) is 11.1. The minimum absolute atomic E-state index is 0.270. The number of nitrogens with zero attached hydrogens (tertiary/aromatic N) is 1. The number of ketones is 1. The largest absolute Gasteiger partial charge is 0.462 e. The molecule has 0 bridgehead atoms. The quantitative estimate of drug-likeness (QED) is 0.657. The Morgan fingerprint density at radius 2 is 2.00 bits per heavy atom. The molecular weight excluding hydrogens is 292 g/mol. The van der Waals surface area contributed by atoms with Crippen molar-refractivity contribution < 1.29 is 14.0 Å². The number of benzene rings is 1. The van der Waals surface area contributed by atoms with Gasteiger partial charge in [-0.05, 0) is 36.8 Å². The molecule has 1 atom stereocenters. The van der Waals surface area contributed by atoms with Crippen LogP contribution in [0.3, 0.4) is 0 Å². The van der Waals surface area contributed by atoms with Crippen LogP contribution in [0.1, 0.15) is 17.1 Å². The highest BCUT2D eigenvalue weighted by Crippen LogP contribution is 2.09. The summed E-state index contributed by atoms with van der Waals surface area (Å²) < 4.78 is 5.29. The van der Waals surface area contributed by atoms with Gasteiger partial charge in [-0.15, -0.1) is 0 Å². The number of hydrogen-bond donors (Lipinski definition) is 1. The van der Waals surface area contributed by atoms with Crippen LogP contribution in [-0.2, 0) is 16.1 Å². The lowest BCUT2D eigenvalue weighted by molar-refractivity contribution is -0.129. The zero-order valence-corrected chi connectivity index (χ0v) is 12.7. The summed E-state index contributed by atoms with van der Waals surface area (Å²) in [6.07, 6.45) is 2.64. The van der Waals surface area contributed by atoms with Crippen LogP contribution in [0.2, 0.25) is 0 Å². The Balaban J connectivity index is 1.95. The highest BCUT2D eigenvalue weighted by Gasteiger charge is 2.24. The molecule has 1 aromatic heterocycles. The molecular formula is C18H16N2O3. The molecule has 0 saturated carbocycles. The molecule has 0 aliphatic rings. The lowest BCUT2D eigenvalue weighted by Gasteiger charge is -2.07. The van der Waals surface area contributed by atoms with E-state index in [1.54, 1.807) is 25.1 Å². The highest BCUT2D eigenvalue weighted by molar-refractivity contribution is 6.10. The van der Waals surface area contributed by atoms with Crippen molar-refractivity contribution in [3.8, 4) is 6.07 Å². The second-order valence-corrected chi connectivity index (χ2v) is 4.95. The lowest BCUT2D eigenvalue weighted by Crippen LogP contribution is -2.33. The van der Waals surface area contributed by atoms with E-state index in [0.717, 1.165) is 11.3 Å². The zero-order valence-electron chi connectivity index (χ0n) is 12.7. The molecule has 0 saturated heterocycles. The maximum Gasteiger partial charge on any atom is 0.245 e. The average Bonchev–Trinajstić information content (AvgIpc) is 2.98. The minimum atomic E-state index is -1.37. The Labute approximate surface area is 134 Å². The first-order valence-electron chi connectivity index (χ1n) is 7.10. The van der Waals surface area contributed by atoms with Crippen LogP contribution in [-0.4, -0.2) is 11.7 Å². The molecule has 23 heavy (non-hydrogen) atoms. The molecule has 1 heterocycles. The number of amides is 1. The minimum Gasteiger partial charge on any atom is -0.462 e. The van der Waals surface area contributed by atoms with Crippen molar-refractivity contribution in [1.82, 2.24) is 5.32 Å². The van der Waals surface area contributed by atoms with E-state index in [1.807, 2.05) is 30.3 Å². The second-order valence-electron chi connectivity index (χ2n) is 4.95.